The van der Waals surface area contributed by atoms with Gasteiger partial charge in [0.05, 0.1) is 18.7 Å². The van der Waals surface area contributed by atoms with Crippen molar-refractivity contribution in [1.29, 1.82) is 0 Å². The Bertz CT molecular complexity index is 1300. The molecule has 1 N–H and O–H groups in total. The predicted octanol–water partition coefficient (Wildman–Crippen LogP) is 6.24. The van der Waals surface area contributed by atoms with E-state index in [1.54, 1.807) is 13.8 Å². The van der Waals surface area contributed by atoms with E-state index in [1.165, 1.54) is 4.90 Å². The third kappa shape index (κ3) is 4.68. The van der Waals surface area contributed by atoms with Gasteiger partial charge in [0.1, 0.15) is 11.4 Å². The molecule has 0 aliphatic carbocycles. The number of ether oxygens (including phenoxy) is 1. The van der Waals surface area contributed by atoms with E-state index in [1.807, 2.05) is 78.9 Å². The van der Waals surface area contributed by atoms with E-state index in [9.17, 15) is 14.7 Å². The molecule has 0 bridgehead atoms. The summed E-state index contributed by atoms with van der Waals surface area (Å²) in [4.78, 5) is 25.6. The molecule has 1 heterocycles. The molecule has 0 saturated carbocycles. The molecule has 0 radical (unpaired) electrons. The smallest absolute Gasteiger partial charge is 0.419 e. The first-order valence-electron chi connectivity index (χ1n) is 10.9. The van der Waals surface area contributed by atoms with Crippen LogP contribution in [-0.2, 0) is 16.0 Å². The van der Waals surface area contributed by atoms with E-state index in [0.29, 0.717) is 22.8 Å². The van der Waals surface area contributed by atoms with Gasteiger partial charge in [-0.15, -0.1) is 0 Å². The lowest BCUT2D eigenvalue weighted by Crippen LogP contribution is -2.27. The van der Waals surface area contributed by atoms with Crippen LogP contribution in [0.3, 0.4) is 0 Å². The van der Waals surface area contributed by atoms with Gasteiger partial charge < -0.3 is 14.4 Å². The molecular weight excluding hydrogens is 432 g/mol. The zero-order valence-corrected chi connectivity index (χ0v) is 18.9. The minimum atomic E-state index is -0.884. The largest absolute Gasteiger partial charge is 0.481 e. The highest BCUT2D eigenvalue weighted by Crippen LogP contribution is 2.39. The van der Waals surface area contributed by atoms with E-state index in [4.69, 9.17) is 9.26 Å². The SMILES string of the molecule is CCOC(=O)N(c1ccccc1)c1c(C)noc1-c1ccc(-c2ccccc2CC(=O)O)cc1. The molecule has 34 heavy (non-hydrogen) atoms. The fourth-order valence-corrected chi connectivity index (χ4v) is 3.83. The third-order valence-corrected chi connectivity index (χ3v) is 5.34. The molecule has 0 atom stereocenters. The molecule has 1 aromatic heterocycles. The van der Waals surface area contributed by atoms with Crippen LogP contribution >= 0.6 is 0 Å². The first-order valence-corrected chi connectivity index (χ1v) is 10.9. The van der Waals surface area contributed by atoms with Gasteiger partial charge in [0.2, 0.25) is 0 Å². The van der Waals surface area contributed by atoms with Crippen LogP contribution in [0.25, 0.3) is 22.5 Å². The fraction of sp³-hybridized carbons (Fsp3) is 0.148. The highest BCUT2D eigenvalue weighted by molar-refractivity contribution is 6.00. The number of nitrogens with zero attached hydrogens (tertiary/aromatic N) is 2. The van der Waals surface area contributed by atoms with Crippen LogP contribution in [0.1, 0.15) is 18.2 Å². The summed E-state index contributed by atoms with van der Waals surface area (Å²) in [6.07, 6.45) is -0.588. The van der Waals surface area contributed by atoms with Gasteiger partial charge in [0.25, 0.3) is 0 Å². The van der Waals surface area contributed by atoms with Gasteiger partial charge in [0, 0.05) is 5.56 Å². The van der Waals surface area contributed by atoms with Crippen LogP contribution in [-0.4, -0.2) is 28.9 Å². The maximum absolute atomic E-state index is 12.9. The van der Waals surface area contributed by atoms with Gasteiger partial charge >= 0.3 is 12.1 Å². The third-order valence-electron chi connectivity index (χ3n) is 5.34. The number of amides is 1. The van der Waals surface area contributed by atoms with Crippen molar-refractivity contribution in [2.24, 2.45) is 0 Å². The van der Waals surface area contributed by atoms with Crippen LogP contribution in [0.2, 0.25) is 0 Å². The number of carbonyl (C=O) groups is 2. The Kier molecular flexibility index (Phi) is 6.73. The van der Waals surface area contributed by atoms with Gasteiger partial charge in [0.15, 0.2) is 5.76 Å². The Hall–Kier alpha value is -4.39. The Morgan fingerprint density at radius 2 is 1.59 bits per heavy atom. The standard InChI is InChI=1S/C27H24N2O5/c1-3-33-27(32)29(22-10-5-4-6-11-22)25-18(2)28-34-26(25)20-15-13-19(14-16-20)23-12-8-7-9-21(23)17-24(30)31/h4-16H,3,17H2,1-2H3,(H,30,31). The average molecular weight is 456 g/mol. The molecule has 4 rings (SSSR count). The van der Waals surface area contributed by atoms with E-state index in [0.717, 1.165) is 22.3 Å². The second-order valence-corrected chi connectivity index (χ2v) is 7.62. The highest BCUT2D eigenvalue weighted by Gasteiger charge is 2.28. The normalized spacial score (nSPS) is 10.6. The number of benzene rings is 3. The van der Waals surface area contributed by atoms with Crippen LogP contribution in [0.15, 0.2) is 83.4 Å². The zero-order chi connectivity index (χ0) is 24.1. The van der Waals surface area contributed by atoms with E-state index in [2.05, 4.69) is 5.16 Å². The summed E-state index contributed by atoms with van der Waals surface area (Å²) in [5.41, 5.74) is 4.86. The summed E-state index contributed by atoms with van der Waals surface area (Å²) in [5.74, 6) is -0.453. The molecule has 7 heteroatoms. The fourth-order valence-electron chi connectivity index (χ4n) is 3.83. The van der Waals surface area contributed by atoms with Crippen molar-refractivity contribution >= 4 is 23.4 Å². The number of hydrogen-bond acceptors (Lipinski definition) is 5. The number of carboxylic acid groups (broad SMARTS) is 1. The topological polar surface area (TPSA) is 92.9 Å². The molecule has 0 fully saturated rings. The van der Waals surface area contributed by atoms with Crippen LogP contribution in [0, 0.1) is 6.92 Å². The molecule has 4 aromatic rings. The lowest BCUT2D eigenvalue weighted by molar-refractivity contribution is -0.136. The van der Waals surface area contributed by atoms with Gasteiger partial charge in [-0.05, 0) is 42.7 Å². The molecular formula is C27H24N2O5. The lowest BCUT2D eigenvalue weighted by Gasteiger charge is -2.22. The summed E-state index contributed by atoms with van der Waals surface area (Å²) in [6.45, 7) is 3.75. The van der Waals surface area contributed by atoms with Crippen molar-refractivity contribution in [2.75, 3.05) is 11.5 Å². The van der Waals surface area contributed by atoms with Crippen molar-refractivity contribution in [3.63, 3.8) is 0 Å². The summed E-state index contributed by atoms with van der Waals surface area (Å²) in [5, 5.41) is 13.4. The minimum absolute atomic E-state index is 0.0606. The maximum Gasteiger partial charge on any atom is 0.419 e. The molecule has 1 amide bonds. The predicted molar refractivity (Wildman–Crippen MR) is 129 cm³/mol. The van der Waals surface area contributed by atoms with Crippen LogP contribution in [0.5, 0.6) is 0 Å². The van der Waals surface area contributed by atoms with Crippen molar-refractivity contribution < 1.29 is 24.0 Å². The zero-order valence-electron chi connectivity index (χ0n) is 18.9. The van der Waals surface area contributed by atoms with Gasteiger partial charge in [-0.1, -0.05) is 71.9 Å². The summed E-state index contributed by atoms with van der Waals surface area (Å²) in [6, 6.07) is 24.1. The second kappa shape index (κ2) is 10.0. The molecule has 7 nitrogen and oxygen atoms in total. The monoisotopic (exact) mass is 456 g/mol. The number of carboxylic acids is 1. The van der Waals surface area contributed by atoms with Crippen molar-refractivity contribution in [1.82, 2.24) is 5.16 Å². The Labute approximate surface area is 197 Å². The van der Waals surface area contributed by atoms with Gasteiger partial charge in [-0.2, -0.15) is 0 Å². The van der Waals surface area contributed by atoms with E-state index >= 15 is 0 Å². The van der Waals surface area contributed by atoms with Gasteiger partial charge in [-0.3, -0.25) is 4.79 Å². The molecule has 3 aromatic carbocycles. The van der Waals surface area contributed by atoms with Crippen molar-refractivity contribution in [3.05, 3.63) is 90.1 Å². The van der Waals surface area contributed by atoms with Crippen LogP contribution < -0.4 is 4.90 Å². The summed E-state index contributed by atoms with van der Waals surface area (Å²) < 4.78 is 11.0. The van der Waals surface area contributed by atoms with Crippen LogP contribution in [0.4, 0.5) is 16.2 Å². The van der Waals surface area contributed by atoms with E-state index in [-0.39, 0.29) is 13.0 Å². The number of aromatic nitrogens is 1. The van der Waals surface area contributed by atoms with Gasteiger partial charge in [-0.25, -0.2) is 9.69 Å². The molecule has 0 aliphatic heterocycles. The summed E-state index contributed by atoms with van der Waals surface area (Å²) in [7, 11) is 0. The minimum Gasteiger partial charge on any atom is -0.481 e. The average Bonchev–Trinajstić information content (AvgIpc) is 3.21. The Morgan fingerprint density at radius 3 is 2.26 bits per heavy atom. The first kappa shape index (κ1) is 22.8. The van der Waals surface area contributed by atoms with Crippen molar-refractivity contribution in [3.8, 4) is 22.5 Å². The quantitative estimate of drug-likeness (QED) is 0.354. The highest BCUT2D eigenvalue weighted by atomic mass is 16.6. The lowest BCUT2D eigenvalue weighted by atomic mass is 9.96. The number of carbonyl (C=O) groups excluding carboxylic acids is 1. The Balaban J connectivity index is 1.75. The molecule has 172 valence electrons. The number of aliphatic carboxylic acids is 1. The first-order chi connectivity index (χ1) is 16.5. The molecule has 0 spiro atoms. The van der Waals surface area contributed by atoms with E-state index < -0.39 is 12.1 Å². The molecule has 0 unspecified atom stereocenters. The molecule has 0 aliphatic rings. The number of hydrogen-bond donors (Lipinski definition) is 1. The number of para-hydroxylation sites is 1. The van der Waals surface area contributed by atoms with Crippen molar-refractivity contribution in [2.45, 2.75) is 20.3 Å². The maximum atomic E-state index is 12.9. The second-order valence-electron chi connectivity index (χ2n) is 7.62. The molecule has 0 saturated heterocycles. The Morgan fingerprint density at radius 1 is 0.941 bits per heavy atom. The number of anilines is 2. The number of rotatable bonds is 7. The number of aryl methyl sites for hydroxylation is 1. The summed E-state index contributed by atoms with van der Waals surface area (Å²) >= 11 is 0.